The van der Waals surface area contributed by atoms with Gasteiger partial charge in [0.15, 0.2) is 5.41 Å². The minimum atomic E-state index is -5.45. The van der Waals surface area contributed by atoms with Gasteiger partial charge >= 0.3 is 18.4 Å². The fourth-order valence-corrected chi connectivity index (χ4v) is 2.78. The number of nitrogens with zero attached hydrogens (tertiary/aromatic N) is 1. The summed E-state index contributed by atoms with van der Waals surface area (Å²) in [6.45, 7) is 0.0689. The molecule has 0 aliphatic carbocycles. The zero-order valence-electron chi connectivity index (χ0n) is 11.7. The van der Waals surface area contributed by atoms with E-state index in [1.54, 1.807) is 6.92 Å². The molecule has 0 unspecified atom stereocenters. The molecule has 0 aromatic heterocycles. The Kier molecular flexibility index (Phi) is 4.27. The summed E-state index contributed by atoms with van der Waals surface area (Å²) in [6.07, 6.45) is -11.9. The molecule has 22 heavy (non-hydrogen) atoms. The minimum absolute atomic E-state index is 0.318. The summed E-state index contributed by atoms with van der Waals surface area (Å²) in [5.74, 6) is 0. The van der Waals surface area contributed by atoms with Crippen LogP contribution in [0.5, 0.6) is 0 Å². The molecule has 4 nitrogen and oxygen atoms in total. The molecule has 2 heterocycles. The molecule has 2 fully saturated rings. The third-order valence-electron chi connectivity index (χ3n) is 4.33. The van der Waals surface area contributed by atoms with Gasteiger partial charge in [-0.15, -0.1) is 0 Å². The molecule has 0 saturated carbocycles. The molecule has 2 atom stereocenters. The Balaban J connectivity index is 2.08. The molecule has 1 N–H and O–H groups in total. The highest BCUT2D eigenvalue weighted by Gasteiger charge is 2.73. The minimum Gasteiger partial charge on any atom is -0.376 e. The van der Waals surface area contributed by atoms with Crippen molar-refractivity contribution in [3.05, 3.63) is 0 Å². The predicted octanol–water partition coefficient (Wildman–Crippen LogP) is 2.69. The predicted molar refractivity (Wildman–Crippen MR) is 63.1 cm³/mol. The van der Waals surface area contributed by atoms with Crippen LogP contribution in [0.2, 0.25) is 0 Å². The first kappa shape index (κ1) is 17.2. The molecular weight excluding hydrogens is 318 g/mol. The molecule has 0 aromatic carbocycles. The van der Waals surface area contributed by atoms with Crippen LogP contribution in [0.4, 0.5) is 31.1 Å². The van der Waals surface area contributed by atoms with Crippen molar-refractivity contribution >= 4 is 6.03 Å². The van der Waals surface area contributed by atoms with Gasteiger partial charge < -0.3 is 15.0 Å². The first-order valence-corrected chi connectivity index (χ1v) is 6.78. The third-order valence-corrected chi connectivity index (χ3v) is 4.33. The van der Waals surface area contributed by atoms with Crippen molar-refractivity contribution < 1.29 is 35.9 Å². The second-order valence-electron chi connectivity index (χ2n) is 5.67. The summed E-state index contributed by atoms with van der Waals surface area (Å²) in [5.41, 5.74) is -3.85. The van der Waals surface area contributed by atoms with Crippen LogP contribution in [-0.4, -0.2) is 55.1 Å². The van der Waals surface area contributed by atoms with Gasteiger partial charge in [-0.1, -0.05) is 0 Å². The van der Waals surface area contributed by atoms with E-state index in [4.69, 9.17) is 4.74 Å². The third kappa shape index (κ3) is 2.84. The number of hydrogen-bond acceptors (Lipinski definition) is 2. The molecule has 2 aliphatic heterocycles. The second kappa shape index (κ2) is 5.47. The molecule has 2 amide bonds. The lowest BCUT2D eigenvalue weighted by molar-refractivity contribution is -0.334. The standard InChI is InChI=1S/C12H16F6N2O2/c1-7-8(2-5-22-7)19-9(21)20-4-3-10(6-20,11(13,14)15)12(16,17)18/h7-8H,2-6H2,1H3,(H,19,21)/t7-,8+/m0/s1. The number of hydrogen-bond donors (Lipinski definition) is 1. The number of ether oxygens (including phenoxy) is 1. The first-order chi connectivity index (χ1) is 9.98. The van der Waals surface area contributed by atoms with E-state index in [0.29, 0.717) is 17.9 Å². The number of halogens is 6. The Labute approximate surface area is 122 Å². The van der Waals surface area contributed by atoms with E-state index in [-0.39, 0.29) is 6.10 Å². The summed E-state index contributed by atoms with van der Waals surface area (Å²) >= 11 is 0. The van der Waals surface area contributed by atoms with E-state index in [9.17, 15) is 31.1 Å². The van der Waals surface area contributed by atoms with Crippen LogP contribution in [0.25, 0.3) is 0 Å². The van der Waals surface area contributed by atoms with Gasteiger partial charge in [-0.3, -0.25) is 0 Å². The molecule has 2 rings (SSSR count). The first-order valence-electron chi connectivity index (χ1n) is 6.78. The highest BCUT2D eigenvalue weighted by atomic mass is 19.4. The van der Waals surface area contributed by atoms with Gasteiger partial charge in [0, 0.05) is 19.7 Å². The van der Waals surface area contributed by atoms with Crippen LogP contribution < -0.4 is 5.32 Å². The van der Waals surface area contributed by atoms with E-state index >= 15 is 0 Å². The van der Waals surface area contributed by atoms with Gasteiger partial charge in [-0.2, -0.15) is 26.3 Å². The van der Waals surface area contributed by atoms with Crippen molar-refractivity contribution in [2.24, 2.45) is 5.41 Å². The maximum absolute atomic E-state index is 12.9. The highest BCUT2D eigenvalue weighted by molar-refractivity contribution is 5.75. The van der Waals surface area contributed by atoms with Crippen LogP contribution in [0.3, 0.4) is 0 Å². The van der Waals surface area contributed by atoms with Crippen LogP contribution in [0, 0.1) is 5.41 Å². The molecule has 0 aromatic rings. The van der Waals surface area contributed by atoms with Crippen molar-refractivity contribution in [2.45, 2.75) is 44.3 Å². The van der Waals surface area contributed by atoms with Crippen molar-refractivity contribution in [1.29, 1.82) is 0 Å². The number of rotatable bonds is 1. The lowest BCUT2D eigenvalue weighted by Crippen LogP contribution is -2.53. The Morgan fingerprint density at radius 3 is 2.23 bits per heavy atom. The monoisotopic (exact) mass is 334 g/mol. The molecule has 0 spiro atoms. The van der Waals surface area contributed by atoms with E-state index in [1.165, 1.54) is 0 Å². The zero-order valence-corrected chi connectivity index (χ0v) is 11.7. The van der Waals surface area contributed by atoms with Gasteiger partial charge in [0.1, 0.15) is 0 Å². The number of urea groups is 1. The number of amides is 2. The maximum Gasteiger partial charge on any atom is 0.404 e. The van der Waals surface area contributed by atoms with Gasteiger partial charge in [-0.05, 0) is 19.8 Å². The number of alkyl halides is 6. The maximum atomic E-state index is 12.9. The van der Waals surface area contributed by atoms with Crippen LogP contribution >= 0.6 is 0 Å². The van der Waals surface area contributed by atoms with Gasteiger partial charge in [0.25, 0.3) is 0 Å². The number of carbonyl (C=O) groups is 1. The van der Waals surface area contributed by atoms with Gasteiger partial charge in [0.2, 0.25) is 0 Å². The van der Waals surface area contributed by atoms with E-state index in [1.807, 2.05) is 0 Å². The molecule has 2 saturated heterocycles. The SMILES string of the molecule is C[C@@H]1OCC[C@H]1NC(=O)N1CCC(C(F)(F)F)(C(F)(F)F)C1. The molecule has 0 bridgehead atoms. The van der Waals surface area contributed by atoms with Crippen molar-refractivity contribution in [3.8, 4) is 0 Å². The lowest BCUT2D eigenvalue weighted by Gasteiger charge is -2.33. The average molecular weight is 334 g/mol. The number of nitrogens with one attached hydrogen (secondary N) is 1. The fraction of sp³-hybridized carbons (Fsp3) is 0.917. The molecule has 0 radical (unpaired) electrons. The molecular formula is C12H16F6N2O2. The fourth-order valence-electron chi connectivity index (χ4n) is 2.78. The van der Waals surface area contributed by atoms with E-state index in [2.05, 4.69) is 5.32 Å². The summed E-state index contributed by atoms with van der Waals surface area (Å²) in [6, 6.07) is -1.32. The summed E-state index contributed by atoms with van der Waals surface area (Å²) < 4.78 is 82.7. The van der Waals surface area contributed by atoms with Gasteiger partial charge in [-0.25, -0.2) is 4.79 Å². The average Bonchev–Trinajstić information content (AvgIpc) is 2.95. The van der Waals surface area contributed by atoms with Crippen LogP contribution in [-0.2, 0) is 4.74 Å². The van der Waals surface area contributed by atoms with E-state index in [0.717, 1.165) is 0 Å². The van der Waals surface area contributed by atoms with Crippen LogP contribution in [0.1, 0.15) is 19.8 Å². The normalized spacial score (nSPS) is 29.0. The van der Waals surface area contributed by atoms with Crippen molar-refractivity contribution in [3.63, 3.8) is 0 Å². The zero-order chi connectivity index (χ0) is 16.8. The number of likely N-dealkylation sites (tertiary alicyclic amines) is 1. The van der Waals surface area contributed by atoms with Gasteiger partial charge in [0.05, 0.1) is 12.1 Å². The topological polar surface area (TPSA) is 41.6 Å². The summed E-state index contributed by atoms with van der Waals surface area (Å²) in [5, 5.41) is 2.44. The highest BCUT2D eigenvalue weighted by Crippen LogP contribution is 2.55. The molecule has 2 aliphatic rings. The Morgan fingerprint density at radius 1 is 1.23 bits per heavy atom. The number of carbonyl (C=O) groups excluding carboxylic acids is 1. The lowest BCUT2D eigenvalue weighted by atomic mass is 9.85. The molecule has 128 valence electrons. The summed E-state index contributed by atoms with van der Waals surface area (Å²) in [4.78, 5) is 12.5. The quantitative estimate of drug-likeness (QED) is 0.749. The Bertz CT molecular complexity index is 422. The van der Waals surface area contributed by atoms with Crippen LogP contribution in [0.15, 0.2) is 0 Å². The largest absolute Gasteiger partial charge is 0.404 e. The summed E-state index contributed by atoms with van der Waals surface area (Å²) in [7, 11) is 0. The van der Waals surface area contributed by atoms with Crippen molar-refractivity contribution in [2.75, 3.05) is 19.7 Å². The van der Waals surface area contributed by atoms with E-state index < -0.39 is 49.4 Å². The van der Waals surface area contributed by atoms with Crippen molar-refractivity contribution in [1.82, 2.24) is 10.2 Å². The Morgan fingerprint density at radius 2 is 1.82 bits per heavy atom. The second-order valence-corrected chi connectivity index (χ2v) is 5.67. The molecule has 10 heteroatoms. The Hall–Kier alpha value is -1.19. The smallest absolute Gasteiger partial charge is 0.376 e.